The number of hydrogen-bond donors (Lipinski definition) is 0. The van der Waals surface area contributed by atoms with Crippen molar-refractivity contribution >= 4 is 22.6 Å². The Bertz CT molecular complexity index is 403. The van der Waals surface area contributed by atoms with Gasteiger partial charge in [0.2, 0.25) is 0 Å². The van der Waals surface area contributed by atoms with Crippen molar-refractivity contribution in [3.63, 3.8) is 0 Å². The second-order valence-electron chi connectivity index (χ2n) is 2.72. The van der Waals surface area contributed by atoms with Crippen LogP contribution in [0.25, 0.3) is 11.0 Å². The molecule has 2 aromatic rings. The van der Waals surface area contributed by atoms with Crippen LogP contribution in [0.5, 0.6) is 0 Å². The minimum atomic E-state index is 0.687. The lowest BCUT2D eigenvalue weighted by atomic mass is 10.2. The molecule has 0 amide bonds. The van der Waals surface area contributed by atoms with E-state index in [-0.39, 0.29) is 0 Å². The minimum Gasteiger partial charge on any atom is -0.460 e. The molecule has 62 valence electrons. The van der Waals surface area contributed by atoms with Gasteiger partial charge in [0, 0.05) is 11.8 Å². The van der Waals surface area contributed by atoms with Gasteiger partial charge in [-0.1, -0.05) is 30.7 Å². The highest BCUT2D eigenvalue weighted by Gasteiger charge is 2.04. The molecule has 2 rings (SSSR count). The van der Waals surface area contributed by atoms with Crippen LogP contribution in [0.15, 0.2) is 28.7 Å². The van der Waals surface area contributed by atoms with Crippen molar-refractivity contribution in [2.45, 2.75) is 13.3 Å². The molecule has 1 nitrogen and oxygen atoms in total. The molecule has 0 aliphatic heterocycles. The maximum absolute atomic E-state index is 5.93. The number of aryl methyl sites for hydroxylation is 1. The van der Waals surface area contributed by atoms with Gasteiger partial charge in [0.15, 0.2) is 5.58 Å². The van der Waals surface area contributed by atoms with Crippen molar-refractivity contribution in [3.05, 3.63) is 35.0 Å². The van der Waals surface area contributed by atoms with E-state index in [9.17, 15) is 0 Å². The summed E-state index contributed by atoms with van der Waals surface area (Å²) in [4.78, 5) is 0. The van der Waals surface area contributed by atoms with Crippen LogP contribution in [0.1, 0.15) is 12.7 Å². The van der Waals surface area contributed by atoms with E-state index in [0.29, 0.717) is 5.02 Å². The Morgan fingerprint density at radius 3 is 2.92 bits per heavy atom. The first kappa shape index (κ1) is 7.69. The molecule has 0 aliphatic carbocycles. The Morgan fingerprint density at radius 2 is 2.25 bits per heavy atom. The summed E-state index contributed by atoms with van der Waals surface area (Å²) in [6.45, 7) is 2.06. The number of benzene rings is 1. The highest BCUT2D eigenvalue weighted by atomic mass is 35.5. The number of para-hydroxylation sites is 1. The Kier molecular flexibility index (Phi) is 1.81. The van der Waals surface area contributed by atoms with E-state index in [1.165, 1.54) is 0 Å². The van der Waals surface area contributed by atoms with Crippen molar-refractivity contribution in [1.82, 2.24) is 0 Å². The van der Waals surface area contributed by atoms with Crippen LogP contribution >= 0.6 is 11.6 Å². The van der Waals surface area contributed by atoms with Gasteiger partial charge in [0.1, 0.15) is 5.76 Å². The lowest BCUT2D eigenvalue weighted by molar-refractivity contribution is 0.557. The number of hydrogen-bond acceptors (Lipinski definition) is 1. The lowest BCUT2D eigenvalue weighted by Crippen LogP contribution is -1.67. The molecule has 0 unspecified atom stereocenters. The summed E-state index contributed by atoms with van der Waals surface area (Å²) in [6.07, 6.45) is 0.908. The molecule has 0 radical (unpaired) electrons. The Hall–Kier alpha value is -0.950. The van der Waals surface area contributed by atoms with Crippen LogP contribution < -0.4 is 0 Å². The molecule has 0 atom stereocenters. The van der Waals surface area contributed by atoms with Gasteiger partial charge in [-0.25, -0.2) is 0 Å². The predicted molar refractivity (Wildman–Crippen MR) is 50.6 cm³/mol. The third-order valence-corrected chi connectivity index (χ3v) is 2.19. The van der Waals surface area contributed by atoms with Gasteiger partial charge in [0.05, 0.1) is 5.02 Å². The number of rotatable bonds is 1. The Morgan fingerprint density at radius 1 is 1.42 bits per heavy atom. The summed E-state index contributed by atoms with van der Waals surface area (Å²) >= 11 is 5.93. The van der Waals surface area contributed by atoms with Gasteiger partial charge in [-0.15, -0.1) is 0 Å². The SMILES string of the molecule is CCc1cc2cccc(Cl)c2o1. The molecule has 1 heterocycles. The van der Waals surface area contributed by atoms with Gasteiger partial charge in [-0.2, -0.15) is 0 Å². The highest BCUT2D eigenvalue weighted by molar-refractivity contribution is 6.34. The fourth-order valence-corrected chi connectivity index (χ4v) is 1.48. The van der Waals surface area contributed by atoms with E-state index >= 15 is 0 Å². The van der Waals surface area contributed by atoms with E-state index < -0.39 is 0 Å². The molecule has 1 aromatic heterocycles. The Balaban J connectivity index is 2.74. The maximum Gasteiger partial charge on any atom is 0.152 e. The topological polar surface area (TPSA) is 13.1 Å². The van der Waals surface area contributed by atoms with Gasteiger partial charge in [-0.3, -0.25) is 0 Å². The number of halogens is 1. The Labute approximate surface area is 75.9 Å². The molecular formula is C10H9ClO. The van der Waals surface area contributed by atoms with Crippen molar-refractivity contribution in [3.8, 4) is 0 Å². The average Bonchev–Trinajstić information content (AvgIpc) is 2.49. The quantitative estimate of drug-likeness (QED) is 0.653. The van der Waals surface area contributed by atoms with Gasteiger partial charge < -0.3 is 4.42 Å². The normalized spacial score (nSPS) is 10.8. The molecule has 0 aliphatic rings. The molecule has 0 saturated heterocycles. The van der Waals surface area contributed by atoms with Crippen LogP contribution in [0.2, 0.25) is 5.02 Å². The molecule has 1 aromatic carbocycles. The molecule has 0 spiro atoms. The second-order valence-corrected chi connectivity index (χ2v) is 3.13. The zero-order valence-electron chi connectivity index (χ0n) is 6.80. The minimum absolute atomic E-state index is 0.687. The largest absolute Gasteiger partial charge is 0.460 e. The monoisotopic (exact) mass is 180 g/mol. The molecule has 0 bridgehead atoms. The van der Waals surface area contributed by atoms with E-state index in [1.807, 2.05) is 24.3 Å². The van der Waals surface area contributed by atoms with E-state index in [1.54, 1.807) is 0 Å². The van der Waals surface area contributed by atoms with E-state index in [0.717, 1.165) is 23.2 Å². The highest BCUT2D eigenvalue weighted by Crippen LogP contribution is 2.26. The van der Waals surface area contributed by atoms with Gasteiger partial charge >= 0.3 is 0 Å². The number of furan rings is 1. The van der Waals surface area contributed by atoms with Crippen molar-refractivity contribution in [1.29, 1.82) is 0 Å². The van der Waals surface area contributed by atoms with E-state index in [4.69, 9.17) is 16.0 Å². The van der Waals surface area contributed by atoms with Crippen LogP contribution in [-0.2, 0) is 6.42 Å². The van der Waals surface area contributed by atoms with Crippen LogP contribution in [0.4, 0.5) is 0 Å². The molecule has 12 heavy (non-hydrogen) atoms. The predicted octanol–water partition coefficient (Wildman–Crippen LogP) is 3.65. The molecule has 0 N–H and O–H groups in total. The van der Waals surface area contributed by atoms with Gasteiger partial charge in [-0.05, 0) is 12.1 Å². The first-order valence-corrected chi connectivity index (χ1v) is 4.36. The first-order chi connectivity index (χ1) is 5.81. The standard InChI is InChI=1S/C10H9ClO/c1-2-8-6-7-4-3-5-9(11)10(7)12-8/h3-6H,2H2,1H3. The van der Waals surface area contributed by atoms with Crippen molar-refractivity contribution < 1.29 is 4.42 Å². The van der Waals surface area contributed by atoms with Gasteiger partial charge in [0.25, 0.3) is 0 Å². The third kappa shape index (κ3) is 1.10. The third-order valence-electron chi connectivity index (χ3n) is 1.90. The summed E-state index contributed by atoms with van der Waals surface area (Å²) in [5.74, 6) is 0.984. The van der Waals surface area contributed by atoms with Crippen LogP contribution in [-0.4, -0.2) is 0 Å². The summed E-state index contributed by atoms with van der Waals surface area (Å²) in [5, 5.41) is 1.77. The second kappa shape index (κ2) is 2.83. The average molecular weight is 181 g/mol. The van der Waals surface area contributed by atoms with Crippen molar-refractivity contribution in [2.24, 2.45) is 0 Å². The summed E-state index contributed by atoms with van der Waals surface area (Å²) in [7, 11) is 0. The summed E-state index contributed by atoms with van der Waals surface area (Å²) < 4.78 is 5.52. The van der Waals surface area contributed by atoms with Crippen LogP contribution in [0, 0.1) is 0 Å². The van der Waals surface area contributed by atoms with E-state index in [2.05, 4.69) is 6.92 Å². The summed E-state index contributed by atoms with van der Waals surface area (Å²) in [5.41, 5.74) is 0.802. The number of fused-ring (bicyclic) bond motifs is 1. The fourth-order valence-electron chi connectivity index (χ4n) is 1.26. The van der Waals surface area contributed by atoms with Crippen LogP contribution in [0.3, 0.4) is 0 Å². The molecule has 2 heteroatoms. The first-order valence-electron chi connectivity index (χ1n) is 3.98. The maximum atomic E-state index is 5.93. The zero-order chi connectivity index (χ0) is 8.55. The zero-order valence-corrected chi connectivity index (χ0v) is 7.56. The van der Waals surface area contributed by atoms with Crippen molar-refractivity contribution in [2.75, 3.05) is 0 Å². The smallest absolute Gasteiger partial charge is 0.152 e. The molecule has 0 saturated carbocycles. The fraction of sp³-hybridized carbons (Fsp3) is 0.200. The molecule has 0 fully saturated rings. The lowest BCUT2D eigenvalue weighted by Gasteiger charge is -1.89. The summed E-state index contributed by atoms with van der Waals surface area (Å²) in [6, 6.07) is 7.80. The molecular weight excluding hydrogens is 172 g/mol.